The van der Waals surface area contributed by atoms with Gasteiger partial charge in [-0.3, -0.25) is 4.79 Å². The van der Waals surface area contributed by atoms with Crippen molar-refractivity contribution in [2.24, 2.45) is 5.73 Å². The van der Waals surface area contributed by atoms with Crippen LogP contribution in [0.15, 0.2) is 12.3 Å². The van der Waals surface area contributed by atoms with E-state index < -0.39 is 23.8 Å². The number of hydrogen-bond donors (Lipinski definition) is 1. The number of hydrogen-bond acceptors (Lipinski definition) is 3. The first kappa shape index (κ1) is 17.9. The number of H-pyrrole nitrogens is 1. The van der Waals surface area contributed by atoms with Crippen LogP contribution in [0.5, 0.6) is 0 Å². The number of nitrogens with one attached hydrogen (secondary N) is 1. The highest BCUT2D eigenvalue weighted by Crippen LogP contribution is 2.30. The number of methoxy groups -OCH3 is 1. The highest BCUT2D eigenvalue weighted by atomic mass is 35.5. The summed E-state index contributed by atoms with van der Waals surface area (Å²) in [5, 5.41) is -0.135. The van der Waals surface area contributed by atoms with Gasteiger partial charge in [0.15, 0.2) is 6.20 Å². The Morgan fingerprint density at radius 3 is 2.58 bits per heavy atom. The summed E-state index contributed by atoms with van der Waals surface area (Å²) in [5.74, 6) is -0.667. The molecule has 19 heavy (non-hydrogen) atoms. The lowest BCUT2D eigenvalue weighted by molar-refractivity contribution is -0.393. The minimum atomic E-state index is -4.48. The standard InChI is InChI=1S/C10H10ClF3N2O2.ClH/c1-18-9(17)7(15)3-8-6(11)2-5(4-16-8)10(12,13)14;/h2,4,7H,3,15H2,1H3;1H. The summed E-state index contributed by atoms with van der Waals surface area (Å²) in [4.78, 5) is 13.5. The van der Waals surface area contributed by atoms with Gasteiger partial charge in [0.2, 0.25) is 5.69 Å². The molecule has 0 aromatic carbocycles. The van der Waals surface area contributed by atoms with Crippen molar-refractivity contribution in [3.8, 4) is 0 Å². The third-order valence-electron chi connectivity index (χ3n) is 2.23. The van der Waals surface area contributed by atoms with Crippen molar-refractivity contribution in [1.29, 1.82) is 0 Å². The van der Waals surface area contributed by atoms with E-state index in [4.69, 9.17) is 17.3 Å². The van der Waals surface area contributed by atoms with Crippen LogP contribution in [-0.4, -0.2) is 19.1 Å². The van der Waals surface area contributed by atoms with E-state index in [-0.39, 0.29) is 29.5 Å². The number of aromatic nitrogens is 1. The van der Waals surface area contributed by atoms with Crippen LogP contribution in [-0.2, 0) is 22.1 Å². The van der Waals surface area contributed by atoms with Crippen molar-refractivity contribution in [2.75, 3.05) is 7.11 Å². The zero-order chi connectivity index (χ0) is 13.9. The van der Waals surface area contributed by atoms with Gasteiger partial charge in [-0.05, 0) is 6.07 Å². The van der Waals surface area contributed by atoms with Crippen molar-refractivity contribution >= 4 is 17.6 Å². The molecular weight excluding hydrogens is 308 g/mol. The van der Waals surface area contributed by atoms with Crippen LogP contribution in [0.2, 0.25) is 5.02 Å². The van der Waals surface area contributed by atoms with Gasteiger partial charge < -0.3 is 22.9 Å². The van der Waals surface area contributed by atoms with Crippen LogP contribution in [0.3, 0.4) is 0 Å². The Hall–Kier alpha value is -1.05. The molecule has 108 valence electrons. The second kappa shape index (κ2) is 6.93. The van der Waals surface area contributed by atoms with Crippen molar-refractivity contribution in [3.63, 3.8) is 0 Å². The van der Waals surface area contributed by atoms with Crippen molar-refractivity contribution in [2.45, 2.75) is 18.6 Å². The lowest BCUT2D eigenvalue weighted by Crippen LogP contribution is -3.00. The summed E-state index contributed by atoms with van der Waals surface area (Å²) in [5.41, 5.74) is 4.82. The van der Waals surface area contributed by atoms with E-state index in [0.29, 0.717) is 0 Å². The quantitative estimate of drug-likeness (QED) is 0.670. The van der Waals surface area contributed by atoms with Crippen LogP contribution in [0, 0.1) is 0 Å². The van der Waals surface area contributed by atoms with Crippen LogP contribution < -0.4 is 23.1 Å². The highest BCUT2D eigenvalue weighted by molar-refractivity contribution is 6.31. The second-order valence-electron chi connectivity index (χ2n) is 3.55. The highest BCUT2D eigenvalue weighted by Gasteiger charge is 2.34. The molecule has 0 saturated heterocycles. The fraction of sp³-hybridized carbons (Fsp3) is 0.400. The topological polar surface area (TPSA) is 66.5 Å². The molecule has 1 heterocycles. The molecule has 0 fully saturated rings. The first-order valence-corrected chi connectivity index (χ1v) is 5.24. The summed E-state index contributed by atoms with van der Waals surface area (Å²) in [6, 6.07) is -0.210. The van der Waals surface area contributed by atoms with Crippen LogP contribution in [0.1, 0.15) is 11.3 Å². The van der Waals surface area contributed by atoms with E-state index in [9.17, 15) is 18.0 Å². The van der Waals surface area contributed by atoms with E-state index >= 15 is 0 Å². The second-order valence-corrected chi connectivity index (χ2v) is 3.95. The van der Waals surface area contributed by atoms with Gasteiger partial charge in [0, 0.05) is 0 Å². The number of carbonyl (C=O) groups excluding carboxylic acids is 1. The molecule has 1 aromatic rings. The number of carbonyl (C=O) groups is 1. The smallest absolute Gasteiger partial charge is 0.422 e. The third-order valence-corrected chi connectivity index (χ3v) is 2.56. The molecule has 4 nitrogen and oxygen atoms in total. The lowest BCUT2D eigenvalue weighted by Gasteiger charge is -2.08. The molecule has 3 N–H and O–H groups in total. The Labute approximate surface area is 118 Å². The maximum atomic E-state index is 12.4. The van der Waals surface area contributed by atoms with Gasteiger partial charge in [-0.1, -0.05) is 11.6 Å². The molecule has 0 amide bonds. The number of halogens is 5. The van der Waals surface area contributed by atoms with E-state index in [2.05, 4.69) is 9.72 Å². The first-order chi connectivity index (χ1) is 8.25. The number of alkyl halides is 3. The Morgan fingerprint density at radius 2 is 2.16 bits per heavy atom. The van der Waals surface area contributed by atoms with Crippen molar-refractivity contribution in [1.82, 2.24) is 0 Å². The molecule has 0 aliphatic heterocycles. The number of rotatable bonds is 3. The van der Waals surface area contributed by atoms with Crippen molar-refractivity contribution in [3.05, 3.63) is 28.5 Å². The molecule has 0 aliphatic carbocycles. The molecule has 1 unspecified atom stereocenters. The minimum Gasteiger partial charge on any atom is -1.00 e. The van der Waals surface area contributed by atoms with E-state index in [0.717, 1.165) is 12.3 Å². The fourth-order valence-electron chi connectivity index (χ4n) is 1.27. The number of esters is 1. The molecule has 0 aliphatic rings. The normalized spacial score (nSPS) is 12.5. The molecule has 0 spiro atoms. The zero-order valence-corrected chi connectivity index (χ0v) is 11.2. The lowest BCUT2D eigenvalue weighted by atomic mass is 10.1. The van der Waals surface area contributed by atoms with Gasteiger partial charge in [-0.15, -0.1) is 0 Å². The van der Waals surface area contributed by atoms with E-state index in [1.165, 1.54) is 7.11 Å². The molecule has 9 heteroatoms. The third kappa shape index (κ3) is 4.85. The maximum Gasteiger partial charge on any atom is 0.422 e. The van der Waals surface area contributed by atoms with Gasteiger partial charge in [-0.25, -0.2) is 4.98 Å². The van der Waals surface area contributed by atoms with Crippen LogP contribution in [0.4, 0.5) is 13.2 Å². The van der Waals surface area contributed by atoms with Gasteiger partial charge in [0.1, 0.15) is 16.6 Å². The van der Waals surface area contributed by atoms with Gasteiger partial charge in [0.25, 0.3) is 0 Å². The molecule has 1 atom stereocenters. The molecule has 0 bridgehead atoms. The van der Waals surface area contributed by atoms with Crippen LogP contribution >= 0.6 is 11.6 Å². The number of aromatic amines is 1. The number of nitrogens with two attached hydrogens (primary N) is 1. The molecule has 0 radical (unpaired) electrons. The zero-order valence-electron chi connectivity index (χ0n) is 9.72. The van der Waals surface area contributed by atoms with Crippen LogP contribution in [0.25, 0.3) is 0 Å². The molecule has 1 aromatic heterocycles. The van der Waals surface area contributed by atoms with E-state index in [1.807, 2.05) is 0 Å². The molecule has 1 rings (SSSR count). The fourth-order valence-corrected chi connectivity index (χ4v) is 1.52. The Morgan fingerprint density at radius 1 is 1.58 bits per heavy atom. The summed E-state index contributed by atoms with van der Waals surface area (Å²) >= 11 is 5.69. The summed E-state index contributed by atoms with van der Waals surface area (Å²) < 4.78 is 41.5. The van der Waals surface area contributed by atoms with Gasteiger partial charge in [0.05, 0.1) is 13.5 Å². The van der Waals surface area contributed by atoms with Gasteiger partial charge in [-0.2, -0.15) is 13.2 Å². The molecule has 0 saturated carbocycles. The Bertz CT molecular complexity index is 455. The van der Waals surface area contributed by atoms with Gasteiger partial charge >= 0.3 is 12.1 Å². The summed E-state index contributed by atoms with van der Waals surface area (Å²) in [6.07, 6.45) is -3.75. The summed E-state index contributed by atoms with van der Waals surface area (Å²) in [6.45, 7) is 0. The Kier molecular flexibility index (Phi) is 6.54. The number of ether oxygens (including phenoxy) is 1. The number of pyridine rings is 1. The monoisotopic (exact) mass is 318 g/mol. The first-order valence-electron chi connectivity index (χ1n) is 4.86. The SMILES string of the molecule is COC(=O)C(N)Cc1[nH+]cc(C(F)(F)F)cc1Cl.[Cl-]. The average molecular weight is 319 g/mol. The average Bonchev–Trinajstić information content (AvgIpc) is 2.29. The predicted molar refractivity (Wildman–Crippen MR) is 56.7 cm³/mol. The Balaban J connectivity index is 0.00000324. The summed E-state index contributed by atoms with van der Waals surface area (Å²) in [7, 11) is 1.17. The van der Waals surface area contributed by atoms with Crippen molar-refractivity contribution < 1.29 is 40.1 Å². The molecular formula is C10H11Cl2F3N2O2. The minimum absolute atomic E-state index is 0. The largest absolute Gasteiger partial charge is 1.00 e. The predicted octanol–water partition coefficient (Wildman–Crippen LogP) is -1.78. The van der Waals surface area contributed by atoms with E-state index in [1.54, 1.807) is 0 Å². The maximum absolute atomic E-state index is 12.4.